The summed E-state index contributed by atoms with van der Waals surface area (Å²) < 4.78 is 19.7. The van der Waals surface area contributed by atoms with Gasteiger partial charge < -0.3 is 19.8 Å². The number of nitrogens with zero attached hydrogens (tertiary/aromatic N) is 1. The predicted molar refractivity (Wildman–Crippen MR) is 155 cm³/mol. The number of amides is 1. The van der Waals surface area contributed by atoms with Crippen LogP contribution in [0.15, 0.2) is 97.1 Å². The normalized spacial score (nSPS) is 17.4. The van der Waals surface area contributed by atoms with E-state index in [1.165, 1.54) is 12.1 Å². The van der Waals surface area contributed by atoms with Crippen molar-refractivity contribution in [3.63, 3.8) is 0 Å². The molecule has 5 rings (SSSR count). The molecule has 0 spiro atoms. The molecule has 1 heterocycles. The first-order chi connectivity index (χ1) is 19.5. The number of halogens is 1. The molecule has 5 nitrogen and oxygen atoms in total. The van der Waals surface area contributed by atoms with Gasteiger partial charge in [0, 0.05) is 11.3 Å². The molecule has 0 unspecified atom stereocenters. The summed E-state index contributed by atoms with van der Waals surface area (Å²) in [6.07, 6.45) is 1.93. The lowest BCUT2D eigenvalue weighted by Crippen LogP contribution is -2.55. The SMILES string of the molecule is CCCCOc1cc(-c2cccc(O)c2)ccc1[C@@H]1[C@@H](CC[C@H](O)c2ccc(F)cc2)C(=O)N1c1ccccc1. The van der Waals surface area contributed by atoms with E-state index in [0.29, 0.717) is 30.8 Å². The fraction of sp³-hybridized carbons (Fsp3) is 0.265. The van der Waals surface area contributed by atoms with Crippen molar-refractivity contribution >= 4 is 11.6 Å². The number of rotatable bonds is 11. The van der Waals surface area contributed by atoms with Gasteiger partial charge in [0.1, 0.15) is 17.3 Å². The van der Waals surface area contributed by atoms with Crippen molar-refractivity contribution in [3.8, 4) is 22.6 Å². The average molecular weight is 540 g/mol. The highest BCUT2D eigenvalue weighted by atomic mass is 19.1. The number of ether oxygens (including phenoxy) is 1. The number of benzene rings is 4. The number of carbonyl (C=O) groups excluding carboxylic acids is 1. The number of anilines is 1. The fourth-order valence-corrected chi connectivity index (χ4v) is 5.35. The lowest BCUT2D eigenvalue weighted by Gasteiger charge is -2.48. The van der Waals surface area contributed by atoms with Gasteiger partial charge in [0.2, 0.25) is 5.91 Å². The highest BCUT2D eigenvalue weighted by molar-refractivity contribution is 6.03. The molecule has 0 bridgehead atoms. The maximum atomic E-state index is 13.6. The molecule has 6 heteroatoms. The van der Waals surface area contributed by atoms with Crippen molar-refractivity contribution in [1.29, 1.82) is 0 Å². The molecule has 1 amide bonds. The summed E-state index contributed by atoms with van der Waals surface area (Å²) in [7, 11) is 0. The zero-order valence-electron chi connectivity index (χ0n) is 22.5. The maximum Gasteiger partial charge on any atom is 0.233 e. The number of para-hydroxylation sites is 1. The van der Waals surface area contributed by atoms with Crippen LogP contribution in [-0.2, 0) is 4.79 Å². The Morgan fingerprint density at radius 3 is 2.40 bits per heavy atom. The highest BCUT2D eigenvalue weighted by Crippen LogP contribution is 2.49. The van der Waals surface area contributed by atoms with Crippen LogP contribution in [-0.4, -0.2) is 22.7 Å². The number of β-lactam (4-membered cyclic amide) rings is 1. The van der Waals surface area contributed by atoms with E-state index in [1.807, 2.05) is 59.5 Å². The molecule has 0 saturated carbocycles. The minimum Gasteiger partial charge on any atom is -0.508 e. The molecule has 0 radical (unpaired) electrons. The van der Waals surface area contributed by atoms with Crippen LogP contribution in [0.5, 0.6) is 11.5 Å². The van der Waals surface area contributed by atoms with Crippen molar-refractivity contribution in [2.24, 2.45) is 5.92 Å². The Bertz CT molecular complexity index is 1440. The molecule has 3 atom stereocenters. The molecule has 4 aromatic rings. The van der Waals surface area contributed by atoms with Crippen molar-refractivity contribution in [3.05, 3.63) is 114 Å². The van der Waals surface area contributed by atoms with E-state index in [-0.39, 0.29) is 29.4 Å². The molecule has 40 heavy (non-hydrogen) atoms. The van der Waals surface area contributed by atoms with Crippen LogP contribution in [0.25, 0.3) is 11.1 Å². The number of aliphatic hydroxyl groups excluding tert-OH is 1. The fourth-order valence-electron chi connectivity index (χ4n) is 5.35. The third-order valence-electron chi connectivity index (χ3n) is 7.52. The first-order valence-corrected chi connectivity index (χ1v) is 13.8. The van der Waals surface area contributed by atoms with Crippen LogP contribution in [0.2, 0.25) is 0 Å². The highest BCUT2D eigenvalue weighted by Gasteiger charge is 2.49. The number of aliphatic hydroxyl groups is 1. The molecular weight excluding hydrogens is 505 g/mol. The second-order valence-electron chi connectivity index (χ2n) is 10.2. The molecule has 1 saturated heterocycles. The quantitative estimate of drug-likeness (QED) is 0.152. The summed E-state index contributed by atoms with van der Waals surface area (Å²) in [6, 6.07) is 28.2. The monoisotopic (exact) mass is 539 g/mol. The molecule has 1 fully saturated rings. The van der Waals surface area contributed by atoms with E-state index in [1.54, 1.807) is 30.3 Å². The van der Waals surface area contributed by atoms with Gasteiger partial charge >= 0.3 is 0 Å². The van der Waals surface area contributed by atoms with Crippen LogP contribution in [0, 0.1) is 11.7 Å². The zero-order valence-corrected chi connectivity index (χ0v) is 22.5. The van der Waals surface area contributed by atoms with E-state index in [0.717, 1.165) is 35.2 Å². The Morgan fingerprint density at radius 2 is 1.68 bits per heavy atom. The van der Waals surface area contributed by atoms with Crippen LogP contribution < -0.4 is 9.64 Å². The molecule has 4 aromatic carbocycles. The largest absolute Gasteiger partial charge is 0.508 e. The Labute approximate surface area is 234 Å². The van der Waals surface area contributed by atoms with Crippen molar-refractivity contribution in [2.45, 2.75) is 44.8 Å². The summed E-state index contributed by atoms with van der Waals surface area (Å²) in [5, 5.41) is 20.8. The van der Waals surface area contributed by atoms with Crippen LogP contribution in [0.3, 0.4) is 0 Å². The summed E-state index contributed by atoms with van der Waals surface area (Å²) in [4.78, 5) is 15.4. The number of aromatic hydroxyl groups is 1. The van der Waals surface area contributed by atoms with Gasteiger partial charge in [-0.15, -0.1) is 0 Å². The summed E-state index contributed by atoms with van der Waals surface area (Å²) in [5.41, 5.74) is 4.12. The minimum absolute atomic E-state index is 0.000859. The van der Waals surface area contributed by atoms with Gasteiger partial charge in [-0.2, -0.15) is 0 Å². The first kappa shape index (κ1) is 27.4. The topological polar surface area (TPSA) is 70.0 Å². The molecule has 2 N–H and O–H groups in total. The van der Waals surface area contributed by atoms with Crippen LogP contribution in [0.1, 0.15) is 55.9 Å². The first-order valence-electron chi connectivity index (χ1n) is 13.8. The third-order valence-corrected chi connectivity index (χ3v) is 7.52. The van der Waals surface area contributed by atoms with Gasteiger partial charge in [-0.3, -0.25) is 4.79 Å². The number of hydrogen-bond donors (Lipinski definition) is 2. The average Bonchev–Trinajstić information content (AvgIpc) is 2.97. The molecule has 1 aliphatic rings. The van der Waals surface area contributed by atoms with Crippen molar-refractivity contribution in [2.75, 3.05) is 11.5 Å². The summed E-state index contributed by atoms with van der Waals surface area (Å²) in [5.74, 6) is 0.189. The van der Waals surface area contributed by atoms with Crippen LogP contribution in [0.4, 0.5) is 10.1 Å². The van der Waals surface area contributed by atoms with Gasteiger partial charge in [0.05, 0.1) is 24.7 Å². The second-order valence-corrected chi connectivity index (χ2v) is 10.2. The van der Waals surface area contributed by atoms with E-state index in [4.69, 9.17) is 4.74 Å². The molecule has 1 aliphatic heterocycles. The number of phenolic OH excluding ortho intramolecular Hbond substituents is 1. The third kappa shape index (κ3) is 5.87. The molecular formula is C34H34FNO4. The van der Waals surface area contributed by atoms with Crippen molar-refractivity contribution in [1.82, 2.24) is 0 Å². The molecule has 206 valence electrons. The van der Waals surface area contributed by atoms with Gasteiger partial charge in [0.15, 0.2) is 0 Å². The number of unbranched alkanes of at least 4 members (excludes halogenated alkanes) is 1. The van der Waals surface area contributed by atoms with Gasteiger partial charge in [-0.25, -0.2) is 4.39 Å². The Kier molecular flexibility index (Phi) is 8.46. The molecule has 0 aliphatic carbocycles. The summed E-state index contributed by atoms with van der Waals surface area (Å²) in [6.45, 7) is 2.66. The van der Waals surface area contributed by atoms with Gasteiger partial charge in [0.25, 0.3) is 0 Å². The number of carbonyl (C=O) groups is 1. The molecule has 0 aromatic heterocycles. The van der Waals surface area contributed by atoms with Gasteiger partial charge in [-0.1, -0.05) is 67.9 Å². The smallest absolute Gasteiger partial charge is 0.233 e. The zero-order chi connectivity index (χ0) is 28.1. The van der Waals surface area contributed by atoms with Crippen molar-refractivity contribution < 1.29 is 24.1 Å². The Balaban J connectivity index is 1.48. The lowest BCUT2D eigenvalue weighted by molar-refractivity contribution is -0.131. The van der Waals surface area contributed by atoms with E-state index in [2.05, 4.69) is 6.92 Å². The number of hydrogen-bond acceptors (Lipinski definition) is 4. The van der Waals surface area contributed by atoms with Gasteiger partial charge in [-0.05, 0) is 78.4 Å². The lowest BCUT2D eigenvalue weighted by atomic mass is 9.77. The van der Waals surface area contributed by atoms with E-state index in [9.17, 15) is 19.4 Å². The minimum atomic E-state index is -0.798. The summed E-state index contributed by atoms with van der Waals surface area (Å²) >= 11 is 0. The van der Waals surface area contributed by atoms with E-state index >= 15 is 0 Å². The Morgan fingerprint density at radius 1 is 0.925 bits per heavy atom. The van der Waals surface area contributed by atoms with Crippen LogP contribution >= 0.6 is 0 Å². The Hall–Kier alpha value is -4.16. The second kappa shape index (κ2) is 12.3. The standard InChI is InChI=1S/C34H34FNO4/c1-2-3-20-40-32-22-25(24-8-7-11-28(37)21-24)14-17-29(32)33-30(34(39)36(33)27-9-5-4-6-10-27)18-19-31(38)23-12-15-26(35)16-13-23/h4-17,21-22,30-31,33,37-38H,2-3,18-20H2,1H3/t30-,31+,33-/m1/s1. The van der Waals surface area contributed by atoms with E-state index < -0.39 is 6.10 Å². The maximum absolute atomic E-state index is 13.6. The predicted octanol–water partition coefficient (Wildman–Crippen LogP) is 7.60. The number of phenols is 1.